The highest BCUT2D eigenvalue weighted by molar-refractivity contribution is 7.90. The summed E-state index contributed by atoms with van der Waals surface area (Å²) in [7, 11) is -4.39. The zero-order valence-electron chi connectivity index (χ0n) is 34.0. The summed E-state index contributed by atoms with van der Waals surface area (Å²) in [5.74, 6) is 0.435. The number of benzene rings is 4. The Morgan fingerprint density at radius 3 is 2.52 bits per heavy atom. The summed E-state index contributed by atoms with van der Waals surface area (Å²) in [6.45, 7) is 10.6. The molecule has 0 radical (unpaired) electrons. The number of rotatable bonds is 12. The molecule has 1 aromatic heterocycles. The number of hydrogen-bond donors (Lipinski definition) is 2. The number of fused-ring (bicyclic) bond motifs is 1. The largest absolute Gasteiger partial charge is 0.492 e. The van der Waals surface area contributed by atoms with E-state index in [-0.39, 0.29) is 33.1 Å². The Morgan fingerprint density at radius 1 is 0.967 bits per heavy atom. The van der Waals surface area contributed by atoms with Crippen LogP contribution in [-0.4, -0.2) is 76.8 Å². The fraction of sp³-hybridized carbons (Fsp3) is 0.362. The van der Waals surface area contributed by atoms with Gasteiger partial charge in [0, 0.05) is 79.8 Å². The van der Waals surface area contributed by atoms with Gasteiger partial charge in [-0.05, 0) is 121 Å². The van der Waals surface area contributed by atoms with Gasteiger partial charge in [-0.3, -0.25) is 9.69 Å². The van der Waals surface area contributed by atoms with E-state index in [9.17, 15) is 18.5 Å². The second kappa shape index (κ2) is 17.7. The standard InChI is InChI=1S/C47H50ClN5O6S/c1-47(2)17-13-35(42(28-47)33-3-5-37(48)6-4-33)30-52-19-21-53(22-20-52)38-7-10-41(45(27-38)59-39-8-11-43-34(25-39)14-18-50-43)46(54)51-60(55,56)40-9-12-44(36(26-40)29-49)58-31-32-15-23-57-24-16-32/h3-12,14,18,25-27,32,50H,13,15-17,19-24,28,30-31H2,1-2H3,(H,51,54). The minimum atomic E-state index is -4.39. The number of carbonyl (C=O) groups excluding carboxylic acids is 1. The molecular formula is C47H50ClN5O6S. The van der Waals surface area contributed by atoms with Crippen molar-refractivity contribution in [2.45, 2.75) is 50.8 Å². The van der Waals surface area contributed by atoms with Crippen molar-refractivity contribution in [1.29, 1.82) is 5.26 Å². The SMILES string of the molecule is CC1(C)CCC(CN2CCN(c3ccc(C(=O)NS(=O)(=O)c4ccc(OCC5CCOCC5)c(C#N)c4)c(Oc4ccc5[nH]ccc5c4)c3)CC2)=C(c2ccc(Cl)cc2)C1. The number of aromatic nitrogens is 1. The van der Waals surface area contributed by atoms with Crippen molar-refractivity contribution in [2.75, 3.05) is 57.4 Å². The first-order valence-corrected chi connectivity index (χ1v) is 22.4. The number of anilines is 1. The average Bonchev–Trinajstić information content (AvgIpc) is 3.72. The summed E-state index contributed by atoms with van der Waals surface area (Å²) in [6, 6.07) is 27.0. The quantitative estimate of drug-likeness (QED) is 0.126. The van der Waals surface area contributed by atoms with Gasteiger partial charge in [0.1, 0.15) is 23.3 Å². The normalized spacial score (nSPS) is 17.7. The van der Waals surface area contributed by atoms with E-state index in [0.717, 1.165) is 86.4 Å². The van der Waals surface area contributed by atoms with Crippen molar-refractivity contribution in [3.8, 4) is 23.3 Å². The van der Waals surface area contributed by atoms with E-state index in [0.29, 0.717) is 31.3 Å². The summed E-state index contributed by atoms with van der Waals surface area (Å²) in [4.78, 5) is 21.6. The number of nitriles is 1. The number of sulfonamides is 1. The molecule has 3 aliphatic rings. The molecule has 0 bridgehead atoms. The van der Waals surface area contributed by atoms with Gasteiger partial charge in [-0.25, -0.2) is 13.1 Å². The first-order chi connectivity index (χ1) is 28.9. The maximum atomic E-state index is 13.9. The molecule has 11 nitrogen and oxygen atoms in total. The number of H-pyrrole nitrogens is 1. The number of carbonyl (C=O) groups is 1. The van der Waals surface area contributed by atoms with Gasteiger partial charge in [0.2, 0.25) is 0 Å². The summed E-state index contributed by atoms with van der Waals surface area (Å²) < 4.78 is 47.3. The molecule has 5 aromatic rings. The summed E-state index contributed by atoms with van der Waals surface area (Å²) in [6.07, 6.45) is 6.80. The number of amides is 1. The molecule has 8 rings (SSSR count). The highest BCUT2D eigenvalue weighted by Gasteiger charge is 2.30. The van der Waals surface area contributed by atoms with Gasteiger partial charge in [0.15, 0.2) is 0 Å². The van der Waals surface area contributed by atoms with E-state index in [1.165, 1.54) is 34.9 Å². The molecular weight excluding hydrogens is 798 g/mol. The monoisotopic (exact) mass is 847 g/mol. The van der Waals surface area contributed by atoms with Gasteiger partial charge in [0.05, 0.1) is 22.6 Å². The maximum absolute atomic E-state index is 13.9. The molecule has 2 fully saturated rings. The van der Waals surface area contributed by atoms with E-state index < -0.39 is 15.9 Å². The van der Waals surface area contributed by atoms with Crippen LogP contribution in [0.1, 0.15) is 67.4 Å². The first kappa shape index (κ1) is 41.4. The van der Waals surface area contributed by atoms with Crippen LogP contribution in [0.3, 0.4) is 0 Å². The molecule has 1 amide bonds. The molecule has 2 N–H and O–H groups in total. The van der Waals surface area contributed by atoms with Crippen molar-refractivity contribution in [1.82, 2.24) is 14.6 Å². The molecule has 4 aromatic carbocycles. The summed E-state index contributed by atoms with van der Waals surface area (Å²) in [5, 5.41) is 11.5. The predicted octanol–water partition coefficient (Wildman–Crippen LogP) is 9.20. The third kappa shape index (κ3) is 9.66. The molecule has 2 aliphatic heterocycles. The van der Waals surface area contributed by atoms with E-state index in [2.05, 4.69) is 45.5 Å². The van der Waals surface area contributed by atoms with Crippen LogP contribution in [0.4, 0.5) is 5.69 Å². The molecule has 2 saturated heterocycles. The fourth-order valence-corrected chi connectivity index (χ4v) is 9.46. The van der Waals surface area contributed by atoms with E-state index in [1.807, 2.05) is 48.7 Å². The minimum absolute atomic E-state index is 0.0499. The second-order valence-electron chi connectivity index (χ2n) is 16.8. The van der Waals surface area contributed by atoms with Crippen LogP contribution in [0, 0.1) is 22.7 Å². The lowest BCUT2D eigenvalue weighted by Crippen LogP contribution is -2.47. The van der Waals surface area contributed by atoms with Gasteiger partial charge in [-0.15, -0.1) is 0 Å². The van der Waals surface area contributed by atoms with E-state index in [1.54, 1.807) is 18.2 Å². The minimum Gasteiger partial charge on any atom is -0.492 e. The fourth-order valence-electron chi connectivity index (χ4n) is 8.35. The summed E-state index contributed by atoms with van der Waals surface area (Å²) in [5.41, 5.74) is 6.32. The number of ether oxygens (including phenoxy) is 3. The van der Waals surface area contributed by atoms with E-state index in [4.69, 9.17) is 25.8 Å². The lowest BCUT2D eigenvalue weighted by atomic mass is 9.72. The van der Waals surface area contributed by atoms with Crippen molar-refractivity contribution in [3.05, 3.63) is 118 Å². The molecule has 0 unspecified atom stereocenters. The topological polar surface area (TPSA) is 137 Å². The summed E-state index contributed by atoms with van der Waals surface area (Å²) >= 11 is 6.25. The zero-order chi connectivity index (χ0) is 41.9. The molecule has 0 atom stereocenters. The van der Waals surface area contributed by atoms with Gasteiger partial charge in [-0.2, -0.15) is 5.26 Å². The van der Waals surface area contributed by atoms with Crippen LogP contribution in [0.5, 0.6) is 17.2 Å². The Morgan fingerprint density at radius 2 is 1.75 bits per heavy atom. The first-order valence-electron chi connectivity index (χ1n) is 20.6. The van der Waals surface area contributed by atoms with Crippen LogP contribution in [0.2, 0.25) is 5.02 Å². The van der Waals surface area contributed by atoms with Gasteiger partial charge >= 0.3 is 0 Å². The Hall–Kier alpha value is -5.32. The molecule has 3 heterocycles. The highest BCUT2D eigenvalue weighted by Crippen LogP contribution is 2.43. The molecule has 1 aliphatic carbocycles. The predicted molar refractivity (Wildman–Crippen MR) is 234 cm³/mol. The third-order valence-corrected chi connectivity index (χ3v) is 13.5. The van der Waals surface area contributed by atoms with Crippen molar-refractivity contribution >= 4 is 49.7 Å². The van der Waals surface area contributed by atoms with Crippen LogP contribution in [-0.2, 0) is 14.8 Å². The molecule has 60 heavy (non-hydrogen) atoms. The smallest absolute Gasteiger partial charge is 0.268 e. The number of nitrogens with zero attached hydrogens (tertiary/aromatic N) is 3. The second-order valence-corrected chi connectivity index (χ2v) is 18.9. The van der Waals surface area contributed by atoms with Gasteiger partial charge in [-0.1, -0.05) is 43.2 Å². The molecule has 0 saturated carbocycles. The number of piperazine rings is 1. The van der Waals surface area contributed by atoms with Crippen LogP contribution < -0.4 is 19.1 Å². The van der Waals surface area contributed by atoms with Gasteiger partial charge in [0.25, 0.3) is 15.9 Å². The number of nitrogens with one attached hydrogen (secondary N) is 2. The Kier molecular flexibility index (Phi) is 12.2. The molecule has 13 heteroatoms. The van der Waals surface area contributed by atoms with E-state index >= 15 is 0 Å². The van der Waals surface area contributed by atoms with Crippen molar-refractivity contribution < 1.29 is 27.4 Å². The van der Waals surface area contributed by atoms with Crippen molar-refractivity contribution in [3.63, 3.8) is 0 Å². The highest BCUT2D eigenvalue weighted by atomic mass is 35.5. The van der Waals surface area contributed by atoms with Crippen LogP contribution >= 0.6 is 11.6 Å². The average molecular weight is 848 g/mol. The van der Waals surface area contributed by atoms with Crippen molar-refractivity contribution in [2.24, 2.45) is 11.3 Å². The molecule has 0 spiro atoms. The van der Waals surface area contributed by atoms with Crippen LogP contribution in [0.15, 0.2) is 102 Å². The number of allylic oxidation sites excluding steroid dienone is 1. The van der Waals surface area contributed by atoms with Gasteiger partial charge < -0.3 is 24.1 Å². The Balaban J connectivity index is 0.995. The number of aromatic amines is 1. The Labute approximate surface area is 356 Å². The Bertz CT molecular complexity index is 2550. The zero-order valence-corrected chi connectivity index (χ0v) is 35.6. The number of hydrogen-bond acceptors (Lipinski definition) is 9. The molecule has 312 valence electrons. The lowest BCUT2D eigenvalue weighted by molar-refractivity contribution is 0.0497. The number of halogens is 1. The van der Waals surface area contributed by atoms with Crippen LogP contribution in [0.25, 0.3) is 16.5 Å². The maximum Gasteiger partial charge on any atom is 0.268 e. The lowest BCUT2D eigenvalue weighted by Gasteiger charge is -2.39. The third-order valence-electron chi connectivity index (χ3n) is 11.9.